The first-order chi connectivity index (χ1) is 9.74. The van der Waals surface area contributed by atoms with Gasteiger partial charge >= 0.3 is 0 Å². The number of pyridine rings is 1. The van der Waals surface area contributed by atoms with Crippen LogP contribution in [0.1, 0.15) is 11.1 Å². The second kappa shape index (κ2) is 5.30. The highest BCUT2D eigenvalue weighted by atomic mass is 16.3. The molecule has 1 atom stereocenters. The number of anilines is 1. The summed E-state index contributed by atoms with van der Waals surface area (Å²) in [5, 5.41) is 15.5. The van der Waals surface area contributed by atoms with Crippen LogP contribution in [0.5, 0.6) is 5.75 Å². The molecule has 1 amide bonds. The number of rotatable bonds is 2. The van der Waals surface area contributed by atoms with Crippen LogP contribution in [0.2, 0.25) is 0 Å². The summed E-state index contributed by atoms with van der Waals surface area (Å²) in [6.45, 7) is 0.669. The Bertz CT molecular complexity index is 643. The lowest BCUT2D eigenvalue weighted by Gasteiger charge is -2.25. The molecule has 5 nitrogen and oxygen atoms in total. The fourth-order valence-corrected chi connectivity index (χ4v) is 2.34. The van der Waals surface area contributed by atoms with E-state index in [1.165, 1.54) is 23.4 Å². The highest BCUT2D eigenvalue weighted by molar-refractivity contribution is 5.95. The van der Waals surface area contributed by atoms with Gasteiger partial charge in [-0.25, -0.2) is 4.98 Å². The summed E-state index contributed by atoms with van der Waals surface area (Å²) in [6, 6.07) is 10.9. The molecule has 0 spiro atoms. The van der Waals surface area contributed by atoms with Crippen LogP contribution in [0.25, 0.3) is 0 Å². The van der Waals surface area contributed by atoms with E-state index >= 15 is 0 Å². The molecule has 0 bridgehead atoms. The summed E-state index contributed by atoms with van der Waals surface area (Å²) in [5.41, 5.74) is 2.40. The van der Waals surface area contributed by atoms with Crippen molar-refractivity contribution in [1.29, 1.82) is 0 Å². The lowest BCUT2D eigenvalue weighted by Crippen LogP contribution is -2.44. The number of carbonyl (C=O) groups is 1. The summed E-state index contributed by atoms with van der Waals surface area (Å²) in [4.78, 5) is 16.2. The predicted octanol–water partition coefficient (Wildman–Crippen LogP) is 1.44. The first kappa shape index (κ1) is 12.6. The Morgan fingerprint density at radius 3 is 2.85 bits per heavy atom. The number of nitrogens with one attached hydrogen (secondary N) is 2. The Kier molecular flexibility index (Phi) is 3.35. The number of aromatic nitrogens is 1. The fourth-order valence-electron chi connectivity index (χ4n) is 2.34. The van der Waals surface area contributed by atoms with Crippen molar-refractivity contribution in [3.63, 3.8) is 0 Å². The van der Waals surface area contributed by atoms with Gasteiger partial charge in [0.25, 0.3) is 0 Å². The van der Waals surface area contributed by atoms with Crippen LogP contribution in [-0.4, -0.2) is 22.0 Å². The van der Waals surface area contributed by atoms with Crippen molar-refractivity contribution in [3.8, 4) is 5.75 Å². The van der Waals surface area contributed by atoms with Gasteiger partial charge in [0, 0.05) is 12.7 Å². The molecule has 0 saturated heterocycles. The Morgan fingerprint density at radius 2 is 2.05 bits per heavy atom. The van der Waals surface area contributed by atoms with Gasteiger partial charge in [-0.3, -0.25) is 4.79 Å². The van der Waals surface area contributed by atoms with Crippen molar-refractivity contribution < 1.29 is 9.90 Å². The van der Waals surface area contributed by atoms with E-state index in [2.05, 4.69) is 21.7 Å². The molecule has 1 unspecified atom stereocenters. The van der Waals surface area contributed by atoms with Crippen molar-refractivity contribution in [2.75, 3.05) is 5.32 Å². The third-order valence-corrected chi connectivity index (χ3v) is 3.43. The Morgan fingerprint density at radius 1 is 1.25 bits per heavy atom. The van der Waals surface area contributed by atoms with Crippen LogP contribution in [0.15, 0.2) is 42.6 Å². The second-order valence-corrected chi connectivity index (χ2v) is 4.77. The van der Waals surface area contributed by atoms with Crippen LogP contribution < -0.4 is 10.6 Å². The Labute approximate surface area is 116 Å². The molecule has 1 aromatic carbocycles. The maximum Gasteiger partial charge on any atom is 0.243 e. The standard InChI is InChI=1S/C15H15N3O2/c19-13-6-3-7-16-14(13)18-15(20)12-8-10-4-1-2-5-11(10)9-17-12/h1-7,12,17,19H,8-9H2,(H,16,18,20). The second-order valence-electron chi connectivity index (χ2n) is 4.77. The minimum atomic E-state index is -0.314. The zero-order valence-electron chi connectivity index (χ0n) is 10.8. The van der Waals surface area contributed by atoms with Gasteiger partial charge in [0.1, 0.15) is 0 Å². The van der Waals surface area contributed by atoms with Crippen LogP contribution >= 0.6 is 0 Å². The largest absolute Gasteiger partial charge is 0.504 e. The van der Waals surface area contributed by atoms with E-state index in [9.17, 15) is 9.90 Å². The molecule has 3 rings (SSSR count). The van der Waals surface area contributed by atoms with Gasteiger partial charge in [-0.05, 0) is 29.7 Å². The topological polar surface area (TPSA) is 74.2 Å². The van der Waals surface area contributed by atoms with Crippen LogP contribution in [0.3, 0.4) is 0 Å². The van der Waals surface area contributed by atoms with E-state index < -0.39 is 0 Å². The molecule has 0 fully saturated rings. The van der Waals surface area contributed by atoms with Gasteiger partial charge in [-0.2, -0.15) is 0 Å². The summed E-state index contributed by atoms with van der Waals surface area (Å²) >= 11 is 0. The minimum Gasteiger partial charge on any atom is -0.504 e. The molecule has 2 aromatic rings. The molecular formula is C15H15N3O2. The van der Waals surface area contributed by atoms with Crippen molar-refractivity contribution in [1.82, 2.24) is 10.3 Å². The van der Waals surface area contributed by atoms with Gasteiger partial charge in [0.15, 0.2) is 11.6 Å². The molecular weight excluding hydrogens is 254 g/mol. The molecule has 1 aliphatic rings. The average Bonchev–Trinajstić information content (AvgIpc) is 2.49. The number of hydrogen-bond acceptors (Lipinski definition) is 4. The normalized spacial score (nSPS) is 17.3. The number of fused-ring (bicyclic) bond motifs is 1. The Balaban J connectivity index is 1.72. The molecule has 0 saturated carbocycles. The van der Waals surface area contributed by atoms with Crippen molar-refractivity contribution >= 4 is 11.7 Å². The number of aromatic hydroxyl groups is 1. The maximum atomic E-state index is 12.2. The maximum absolute atomic E-state index is 12.2. The summed E-state index contributed by atoms with van der Waals surface area (Å²) < 4.78 is 0. The van der Waals surface area contributed by atoms with Crippen LogP contribution in [-0.2, 0) is 17.8 Å². The van der Waals surface area contributed by atoms with Crippen LogP contribution in [0, 0.1) is 0 Å². The van der Waals surface area contributed by atoms with Gasteiger partial charge < -0.3 is 15.7 Å². The first-order valence-electron chi connectivity index (χ1n) is 6.49. The molecule has 102 valence electrons. The van der Waals surface area contributed by atoms with Gasteiger partial charge in [-0.1, -0.05) is 24.3 Å². The molecule has 0 aliphatic carbocycles. The quantitative estimate of drug-likeness (QED) is 0.771. The highest BCUT2D eigenvalue weighted by Crippen LogP contribution is 2.20. The molecule has 5 heteroatoms. The lowest BCUT2D eigenvalue weighted by molar-refractivity contribution is -0.118. The van der Waals surface area contributed by atoms with E-state index in [1.807, 2.05) is 18.2 Å². The van der Waals surface area contributed by atoms with E-state index in [0.717, 1.165) is 0 Å². The molecule has 20 heavy (non-hydrogen) atoms. The summed E-state index contributed by atoms with van der Waals surface area (Å²) in [7, 11) is 0. The number of hydrogen-bond donors (Lipinski definition) is 3. The molecule has 3 N–H and O–H groups in total. The van der Waals surface area contributed by atoms with Gasteiger partial charge in [-0.15, -0.1) is 0 Å². The minimum absolute atomic E-state index is 0.0305. The first-order valence-corrected chi connectivity index (χ1v) is 6.49. The number of benzene rings is 1. The molecule has 1 aromatic heterocycles. The van der Waals surface area contributed by atoms with Crippen LogP contribution in [0.4, 0.5) is 5.82 Å². The third-order valence-electron chi connectivity index (χ3n) is 3.43. The number of carbonyl (C=O) groups excluding carboxylic acids is 1. The zero-order chi connectivity index (χ0) is 13.9. The number of amides is 1. The number of nitrogens with zero attached hydrogens (tertiary/aromatic N) is 1. The molecule has 2 heterocycles. The molecule has 0 radical (unpaired) electrons. The summed E-state index contributed by atoms with van der Waals surface area (Å²) in [5.74, 6) is -0.0243. The monoisotopic (exact) mass is 269 g/mol. The van der Waals surface area contributed by atoms with Gasteiger partial charge in [0.2, 0.25) is 5.91 Å². The van der Waals surface area contributed by atoms with E-state index in [-0.39, 0.29) is 23.5 Å². The lowest BCUT2D eigenvalue weighted by atomic mass is 9.95. The smallest absolute Gasteiger partial charge is 0.243 e. The summed E-state index contributed by atoms with van der Waals surface area (Å²) in [6.07, 6.45) is 2.16. The predicted molar refractivity (Wildman–Crippen MR) is 75.3 cm³/mol. The third kappa shape index (κ3) is 2.48. The van der Waals surface area contributed by atoms with Crippen molar-refractivity contribution in [2.45, 2.75) is 19.0 Å². The molecule has 1 aliphatic heterocycles. The van der Waals surface area contributed by atoms with E-state index in [0.29, 0.717) is 13.0 Å². The Hall–Kier alpha value is -2.40. The average molecular weight is 269 g/mol. The SMILES string of the molecule is O=C(Nc1ncccc1O)C1Cc2ccccc2CN1. The fraction of sp³-hybridized carbons (Fsp3) is 0.200. The highest BCUT2D eigenvalue weighted by Gasteiger charge is 2.24. The van der Waals surface area contributed by atoms with Gasteiger partial charge in [0.05, 0.1) is 6.04 Å². The van der Waals surface area contributed by atoms with E-state index in [4.69, 9.17) is 0 Å². The zero-order valence-corrected chi connectivity index (χ0v) is 10.8. The van der Waals surface area contributed by atoms with Crippen molar-refractivity contribution in [3.05, 3.63) is 53.7 Å². The van der Waals surface area contributed by atoms with Crippen molar-refractivity contribution in [2.24, 2.45) is 0 Å². The van der Waals surface area contributed by atoms with E-state index in [1.54, 1.807) is 6.07 Å².